The molecule has 0 atom stereocenters. The van der Waals surface area contributed by atoms with Gasteiger partial charge in [0.25, 0.3) is 0 Å². The molecular formula is CuPbSiSn. The van der Waals surface area contributed by atoms with E-state index < -0.39 is 0 Å². The van der Waals surface area contributed by atoms with Gasteiger partial charge in [0, 0.05) is 79.2 Å². The molecule has 0 N–H and O–H groups in total. The van der Waals surface area contributed by atoms with Gasteiger partial charge < -0.3 is 0 Å². The summed E-state index contributed by atoms with van der Waals surface area (Å²) in [5.74, 6) is 0. The molecule has 0 aromatic rings. The molecule has 0 saturated carbocycles. The minimum Gasteiger partial charge on any atom is 0 e. The van der Waals surface area contributed by atoms with Crippen molar-refractivity contribution in [2.75, 3.05) is 0 Å². The first kappa shape index (κ1) is 31.9. The molecule has 0 spiro atoms. The molecule has 13 radical (unpaired) electrons. The fourth-order valence-corrected chi connectivity index (χ4v) is 0. The minimum atomic E-state index is 0. The summed E-state index contributed by atoms with van der Waals surface area (Å²) in [6, 6.07) is 0. The van der Waals surface area contributed by atoms with E-state index >= 15 is 0 Å². The Kier molecular flexibility index (Phi) is 143. The Bertz CT molecular complexity index is 8.00. The fraction of sp³-hybridized carbons (Fsp3) is 0. The summed E-state index contributed by atoms with van der Waals surface area (Å²) >= 11 is 0. The average molecular weight is 418 g/mol. The fourth-order valence-electron chi connectivity index (χ4n) is 0. The molecule has 0 rings (SSSR count). The standard InChI is InChI=1S/Cu.Pb.Si.Sn. The van der Waals surface area contributed by atoms with E-state index in [0.29, 0.717) is 0 Å². The topological polar surface area (TPSA) is 0 Å². The Morgan fingerprint density at radius 2 is 1.00 bits per heavy atom. The summed E-state index contributed by atoms with van der Waals surface area (Å²) in [7, 11) is 0. The third-order valence-corrected chi connectivity index (χ3v) is 0. The van der Waals surface area contributed by atoms with Gasteiger partial charge in [-0.15, -0.1) is 0 Å². The molecule has 0 saturated heterocycles. The molecule has 0 aliphatic rings. The molecule has 0 nitrogen and oxygen atoms in total. The third-order valence-electron chi connectivity index (χ3n) is 0. The van der Waals surface area contributed by atoms with Gasteiger partial charge in [0.2, 0.25) is 0 Å². The Balaban J connectivity index is 0. The molecule has 0 fully saturated rings. The Morgan fingerprint density at radius 3 is 1.00 bits per heavy atom. The molecule has 0 aliphatic carbocycles. The number of rotatable bonds is 0. The molecule has 0 aromatic carbocycles. The predicted octanol–water partition coefficient (Wildman–Crippen LogP) is -1.14. The molecule has 4 heavy (non-hydrogen) atoms. The zero-order chi connectivity index (χ0) is 0. The Hall–Kier alpha value is 2.46. The number of hydrogen-bond donors (Lipinski definition) is 0. The second-order valence-electron chi connectivity index (χ2n) is 0. The van der Waals surface area contributed by atoms with Crippen molar-refractivity contribution in [3.05, 3.63) is 0 Å². The van der Waals surface area contributed by atoms with Crippen molar-refractivity contribution in [3.8, 4) is 0 Å². The maximum atomic E-state index is 0. The van der Waals surface area contributed by atoms with Crippen molar-refractivity contribution in [3.63, 3.8) is 0 Å². The van der Waals surface area contributed by atoms with E-state index in [1.54, 1.807) is 0 Å². The summed E-state index contributed by atoms with van der Waals surface area (Å²) in [4.78, 5) is 0. The van der Waals surface area contributed by atoms with E-state index in [1.807, 2.05) is 0 Å². The van der Waals surface area contributed by atoms with Crippen LogP contribution in [0.15, 0.2) is 0 Å². The Morgan fingerprint density at radius 1 is 1.00 bits per heavy atom. The van der Waals surface area contributed by atoms with Crippen molar-refractivity contribution < 1.29 is 17.1 Å². The van der Waals surface area contributed by atoms with Crippen LogP contribution in [0, 0.1) is 0 Å². The van der Waals surface area contributed by atoms with Gasteiger partial charge >= 0.3 is 0 Å². The van der Waals surface area contributed by atoms with Crippen LogP contribution in [0.25, 0.3) is 0 Å². The second kappa shape index (κ2) is 18.0. The van der Waals surface area contributed by atoms with Crippen LogP contribution in [0.4, 0.5) is 0 Å². The van der Waals surface area contributed by atoms with Crippen molar-refractivity contribution in [1.82, 2.24) is 0 Å². The summed E-state index contributed by atoms with van der Waals surface area (Å²) in [5, 5.41) is 0. The van der Waals surface area contributed by atoms with E-state index in [-0.39, 0.29) is 79.2 Å². The van der Waals surface area contributed by atoms with Crippen molar-refractivity contribution in [2.24, 2.45) is 0 Å². The van der Waals surface area contributed by atoms with E-state index in [1.165, 1.54) is 0 Å². The van der Waals surface area contributed by atoms with Crippen LogP contribution in [-0.4, -0.2) is 62.2 Å². The summed E-state index contributed by atoms with van der Waals surface area (Å²) in [6.45, 7) is 0. The maximum Gasteiger partial charge on any atom is 0 e. The zero-order valence-corrected chi connectivity index (χ0v) is 10.5. The average Bonchev–Trinajstić information content (AvgIpc) is 0. The first-order chi connectivity index (χ1) is 0. The van der Waals surface area contributed by atoms with Gasteiger partial charge in [-0.25, -0.2) is 0 Å². The molecule has 0 aliphatic heterocycles. The smallest absolute Gasteiger partial charge is 0 e. The van der Waals surface area contributed by atoms with Gasteiger partial charge in [0.05, 0.1) is 0 Å². The largest absolute Gasteiger partial charge is 0 e. The van der Waals surface area contributed by atoms with E-state index in [2.05, 4.69) is 0 Å². The van der Waals surface area contributed by atoms with Crippen molar-refractivity contribution in [2.45, 2.75) is 0 Å². The third kappa shape index (κ3) is 8.82. The van der Waals surface area contributed by atoms with E-state index in [0.717, 1.165) is 0 Å². The van der Waals surface area contributed by atoms with E-state index in [9.17, 15) is 0 Å². The van der Waals surface area contributed by atoms with Crippen LogP contribution in [0.5, 0.6) is 0 Å². The van der Waals surface area contributed by atoms with Gasteiger partial charge in [-0.05, 0) is 0 Å². The van der Waals surface area contributed by atoms with Crippen LogP contribution in [0.2, 0.25) is 0 Å². The minimum absolute atomic E-state index is 0. The van der Waals surface area contributed by atoms with Crippen LogP contribution in [0.3, 0.4) is 0 Å². The van der Waals surface area contributed by atoms with Crippen LogP contribution in [0.1, 0.15) is 0 Å². The van der Waals surface area contributed by atoms with Gasteiger partial charge in [0.15, 0.2) is 0 Å². The second-order valence-corrected chi connectivity index (χ2v) is 0. The normalized spacial score (nSPS) is 0. The molecule has 23 valence electrons. The monoisotopic (exact) mass is 419 g/mol. The summed E-state index contributed by atoms with van der Waals surface area (Å²) < 4.78 is 0. The first-order valence-electron chi connectivity index (χ1n) is 0. The van der Waals surface area contributed by atoms with Crippen molar-refractivity contribution >= 4 is 62.2 Å². The molecule has 4 heteroatoms. The zero-order valence-electron chi connectivity index (χ0n) is 1.80. The molecule has 0 amide bonds. The van der Waals surface area contributed by atoms with Gasteiger partial charge in [-0.3, -0.25) is 0 Å². The molecule has 0 heterocycles. The summed E-state index contributed by atoms with van der Waals surface area (Å²) in [6.07, 6.45) is 0. The van der Waals surface area contributed by atoms with E-state index in [4.69, 9.17) is 0 Å². The molecule has 0 unspecified atom stereocenters. The maximum absolute atomic E-state index is 0. The molecule has 0 bridgehead atoms. The van der Waals surface area contributed by atoms with Crippen LogP contribution < -0.4 is 0 Å². The first-order valence-corrected chi connectivity index (χ1v) is 0. The molecular weight excluding hydrogens is 418 g/mol. The summed E-state index contributed by atoms with van der Waals surface area (Å²) in [5.41, 5.74) is 0. The van der Waals surface area contributed by atoms with Gasteiger partial charge in [-0.1, -0.05) is 0 Å². The van der Waals surface area contributed by atoms with Crippen molar-refractivity contribution in [1.29, 1.82) is 0 Å². The van der Waals surface area contributed by atoms with Gasteiger partial charge in [-0.2, -0.15) is 0 Å². The van der Waals surface area contributed by atoms with Crippen LogP contribution in [-0.2, 0) is 17.1 Å². The predicted molar refractivity (Wildman–Crippen MR) is 17.3 cm³/mol. The SMILES string of the molecule is [Cu].[Pb].[Si].[Sn]. The van der Waals surface area contributed by atoms with Crippen LogP contribution >= 0.6 is 0 Å². The quantitative estimate of drug-likeness (QED) is 0.437. The molecule has 0 aromatic heterocycles. The van der Waals surface area contributed by atoms with Gasteiger partial charge in [0.1, 0.15) is 0 Å². The number of hydrogen-bond acceptors (Lipinski definition) is 0. The Labute approximate surface area is 78.1 Å².